The maximum Gasteiger partial charge on any atom is 0.251 e. The van der Waals surface area contributed by atoms with Gasteiger partial charge in [0.2, 0.25) is 10.0 Å². The quantitative estimate of drug-likeness (QED) is 0.831. The SMILES string of the molecule is C=CCNC(=O)c1cccc(S(=O)(=O)N2CCc3sccc3C2)c1. The average Bonchev–Trinajstić information content (AvgIpc) is 3.07. The highest BCUT2D eigenvalue weighted by Gasteiger charge is 2.29. The molecule has 24 heavy (non-hydrogen) atoms. The van der Waals surface area contributed by atoms with E-state index in [-0.39, 0.29) is 10.8 Å². The van der Waals surface area contributed by atoms with Crippen LogP contribution < -0.4 is 5.32 Å². The van der Waals surface area contributed by atoms with E-state index in [4.69, 9.17) is 0 Å². The Bertz CT molecular complexity index is 871. The number of carbonyl (C=O) groups excluding carboxylic acids is 1. The molecule has 0 aliphatic carbocycles. The number of sulfonamides is 1. The standard InChI is InChI=1S/C17H18N2O3S2/c1-2-8-18-17(20)13-4-3-5-15(11-13)24(21,22)19-9-6-16-14(12-19)7-10-23-16/h2-5,7,10-11H,1,6,8-9,12H2,(H,18,20). The van der Waals surface area contributed by atoms with Gasteiger partial charge in [-0.2, -0.15) is 4.31 Å². The summed E-state index contributed by atoms with van der Waals surface area (Å²) in [6, 6.07) is 8.13. The lowest BCUT2D eigenvalue weighted by molar-refractivity contribution is 0.0958. The summed E-state index contributed by atoms with van der Waals surface area (Å²) in [6.45, 7) is 4.72. The minimum absolute atomic E-state index is 0.146. The molecule has 126 valence electrons. The first kappa shape index (κ1) is 16.9. The van der Waals surface area contributed by atoms with Crippen molar-refractivity contribution in [3.8, 4) is 0 Å². The molecule has 1 aromatic carbocycles. The number of hydrogen-bond acceptors (Lipinski definition) is 4. The van der Waals surface area contributed by atoms with Crippen molar-refractivity contribution in [2.45, 2.75) is 17.9 Å². The minimum atomic E-state index is -3.62. The highest BCUT2D eigenvalue weighted by Crippen LogP contribution is 2.28. The fourth-order valence-electron chi connectivity index (χ4n) is 2.64. The molecule has 0 saturated carbocycles. The van der Waals surface area contributed by atoms with Crippen LogP contribution in [-0.4, -0.2) is 31.7 Å². The van der Waals surface area contributed by atoms with Gasteiger partial charge in [0.1, 0.15) is 0 Å². The number of hydrogen-bond donors (Lipinski definition) is 1. The van der Waals surface area contributed by atoms with Crippen LogP contribution in [-0.2, 0) is 23.0 Å². The van der Waals surface area contributed by atoms with E-state index < -0.39 is 10.0 Å². The molecule has 0 spiro atoms. The molecule has 3 rings (SSSR count). The summed E-state index contributed by atoms with van der Waals surface area (Å²) in [6.07, 6.45) is 2.30. The highest BCUT2D eigenvalue weighted by atomic mass is 32.2. The van der Waals surface area contributed by atoms with Gasteiger partial charge in [0, 0.05) is 30.1 Å². The van der Waals surface area contributed by atoms with Crippen LogP contribution in [0.5, 0.6) is 0 Å². The molecule has 0 bridgehead atoms. The van der Waals surface area contributed by atoms with Gasteiger partial charge >= 0.3 is 0 Å². The zero-order valence-corrected chi connectivity index (χ0v) is 14.7. The van der Waals surface area contributed by atoms with Crippen LogP contribution >= 0.6 is 11.3 Å². The summed E-state index contributed by atoms with van der Waals surface area (Å²) in [5.41, 5.74) is 1.39. The van der Waals surface area contributed by atoms with E-state index in [0.717, 1.165) is 12.0 Å². The zero-order valence-electron chi connectivity index (χ0n) is 13.1. The van der Waals surface area contributed by atoms with E-state index in [2.05, 4.69) is 11.9 Å². The average molecular weight is 362 g/mol. The molecule has 0 atom stereocenters. The van der Waals surface area contributed by atoms with Crippen LogP contribution in [0.1, 0.15) is 20.8 Å². The lowest BCUT2D eigenvalue weighted by Crippen LogP contribution is -2.35. The predicted octanol–water partition coefficient (Wildman–Crippen LogP) is 2.41. The molecule has 0 unspecified atom stereocenters. The Morgan fingerprint density at radius 1 is 1.38 bits per heavy atom. The summed E-state index contributed by atoms with van der Waals surface area (Å²) < 4.78 is 27.3. The van der Waals surface area contributed by atoms with Gasteiger partial charge in [-0.3, -0.25) is 4.79 Å². The fraction of sp³-hybridized carbons (Fsp3) is 0.235. The molecule has 1 aliphatic rings. The van der Waals surface area contributed by atoms with Gasteiger partial charge in [-0.05, 0) is 41.6 Å². The van der Waals surface area contributed by atoms with E-state index >= 15 is 0 Å². The zero-order chi connectivity index (χ0) is 17.2. The third-order valence-electron chi connectivity index (χ3n) is 3.91. The van der Waals surface area contributed by atoms with Crippen molar-refractivity contribution in [1.82, 2.24) is 9.62 Å². The third kappa shape index (κ3) is 3.28. The number of amides is 1. The number of benzene rings is 1. The van der Waals surface area contributed by atoms with Crippen LogP contribution in [0.3, 0.4) is 0 Å². The van der Waals surface area contributed by atoms with Gasteiger partial charge in [0.25, 0.3) is 5.91 Å². The molecular weight excluding hydrogens is 344 g/mol. The van der Waals surface area contributed by atoms with Gasteiger partial charge in [0.05, 0.1) is 4.90 Å². The molecule has 0 saturated heterocycles. The first-order valence-corrected chi connectivity index (χ1v) is 9.89. The molecule has 7 heteroatoms. The topological polar surface area (TPSA) is 66.5 Å². The predicted molar refractivity (Wildman–Crippen MR) is 94.6 cm³/mol. The van der Waals surface area contributed by atoms with E-state index in [1.54, 1.807) is 29.5 Å². The van der Waals surface area contributed by atoms with Gasteiger partial charge in [0.15, 0.2) is 0 Å². The van der Waals surface area contributed by atoms with Gasteiger partial charge in [-0.15, -0.1) is 17.9 Å². The first-order valence-electron chi connectivity index (χ1n) is 7.57. The summed E-state index contributed by atoms with van der Waals surface area (Å²) >= 11 is 1.67. The normalized spacial score (nSPS) is 14.8. The van der Waals surface area contributed by atoms with Crippen LogP contribution in [0.2, 0.25) is 0 Å². The third-order valence-corrected chi connectivity index (χ3v) is 6.78. The Kier molecular flexibility index (Phi) is 4.84. The van der Waals surface area contributed by atoms with E-state index in [9.17, 15) is 13.2 Å². The monoisotopic (exact) mass is 362 g/mol. The Morgan fingerprint density at radius 2 is 2.21 bits per heavy atom. The molecule has 1 N–H and O–H groups in total. The molecular formula is C17H18N2O3S2. The fourth-order valence-corrected chi connectivity index (χ4v) is 5.00. The largest absolute Gasteiger partial charge is 0.349 e. The summed E-state index contributed by atoms with van der Waals surface area (Å²) in [5, 5.41) is 4.64. The molecule has 0 fully saturated rings. The Labute approximate surface area is 145 Å². The minimum Gasteiger partial charge on any atom is -0.349 e. The second-order valence-electron chi connectivity index (χ2n) is 5.48. The molecule has 1 aliphatic heterocycles. The molecule has 0 radical (unpaired) electrons. The highest BCUT2D eigenvalue weighted by molar-refractivity contribution is 7.89. The first-order chi connectivity index (χ1) is 11.5. The van der Waals surface area contributed by atoms with Crippen LogP contribution in [0.25, 0.3) is 0 Å². The van der Waals surface area contributed by atoms with Gasteiger partial charge < -0.3 is 5.32 Å². The number of nitrogens with one attached hydrogen (secondary N) is 1. The second kappa shape index (κ2) is 6.88. The molecule has 2 aromatic rings. The summed E-state index contributed by atoms with van der Waals surface area (Å²) in [5.74, 6) is -0.314. The van der Waals surface area contributed by atoms with Gasteiger partial charge in [-0.25, -0.2) is 8.42 Å². The number of rotatable bonds is 5. The number of fused-ring (bicyclic) bond motifs is 1. The van der Waals surface area contributed by atoms with Crippen LogP contribution in [0, 0.1) is 0 Å². The maximum atomic E-state index is 12.9. The smallest absolute Gasteiger partial charge is 0.251 e. The van der Waals surface area contributed by atoms with E-state index in [1.165, 1.54) is 21.3 Å². The Hall–Kier alpha value is -1.96. The summed E-state index contributed by atoms with van der Waals surface area (Å²) in [4.78, 5) is 13.4. The van der Waals surface area contributed by atoms with Crippen LogP contribution in [0.15, 0.2) is 53.3 Å². The summed E-state index contributed by atoms with van der Waals surface area (Å²) in [7, 11) is -3.62. The number of nitrogens with zero attached hydrogens (tertiary/aromatic N) is 1. The van der Waals surface area contributed by atoms with Gasteiger partial charge in [-0.1, -0.05) is 12.1 Å². The van der Waals surface area contributed by atoms with Crippen molar-refractivity contribution in [2.24, 2.45) is 0 Å². The van der Waals surface area contributed by atoms with Crippen LogP contribution in [0.4, 0.5) is 0 Å². The molecule has 1 amide bonds. The Morgan fingerprint density at radius 3 is 3.00 bits per heavy atom. The Balaban J connectivity index is 1.85. The van der Waals surface area contributed by atoms with Crippen molar-refractivity contribution in [3.05, 3.63) is 64.4 Å². The van der Waals surface area contributed by atoms with Crippen molar-refractivity contribution < 1.29 is 13.2 Å². The van der Waals surface area contributed by atoms with E-state index in [1.807, 2.05) is 11.4 Å². The number of carbonyl (C=O) groups is 1. The molecule has 1 aromatic heterocycles. The number of thiophene rings is 1. The molecule has 2 heterocycles. The molecule has 5 nitrogen and oxygen atoms in total. The van der Waals surface area contributed by atoms with Crippen molar-refractivity contribution in [3.63, 3.8) is 0 Å². The lowest BCUT2D eigenvalue weighted by atomic mass is 10.1. The van der Waals surface area contributed by atoms with E-state index in [0.29, 0.717) is 25.2 Å². The van der Waals surface area contributed by atoms with Crippen molar-refractivity contribution in [2.75, 3.05) is 13.1 Å². The lowest BCUT2D eigenvalue weighted by Gasteiger charge is -2.26. The second-order valence-corrected chi connectivity index (χ2v) is 8.42. The van der Waals surface area contributed by atoms with Crippen molar-refractivity contribution in [1.29, 1.82) is 0 Å². The van der Waals surface area contributed by atoms with Crippen molar-refractivity contribution >= 4 is 27.3 Å². The maximum absolute atomic E-state index is 12.9.